The van der Waals surface area contributed by atoms with E-state index in [1.165, 1.54) is 12.4 Å². The number of aromatic nitrogens is 4. The van der Waals surface area contributed by atoms with Gasteiger partial charge in [0, 0.05) is 17.3 Å². The molecule has 0 aliphatic carbocycles. The lowest BCUT2D eigenvalue weighted by molar-refractivity contribution is 0.547. The van der Waals surface area contributed by atoms with Crippen LogP contribution in [-0.4, -0.2) is 34.1 Å². The van der Waals surface area contributed by atoms with Gasteiger partial charge in [-0.05, 0) is 24.6 Å². The Morgan fingerprint density at radius 3 is 2.63 bits per heavy atom. The monoisotopic (exact) mass is 393 g/mol. The first-order valence-corrected chi connectivity index (χ1v) is 9.95. The minimum atomic E-state index is -3.49. The highest BCUT2D eigenvalue weighted by molar-refractivity contribution is 7.90. The molecule has 142 valence electrons. The molecule has 2 aromatic heterocycles. The molecule has 10 heteroatoms. The van der Waals surface area contributed by atoms with Gasteiger partial charge in [-0.3, -0.25) is 0 Å². The maximum absolute atomic E-state index is 14.8. The van der Waals surface area contributed by atoms with Gasteiger partial charge in [-0.25, -0.2) is 26.9 Å². The fourth-order valence-corrected chi connectivity index (χ4v) is 4.05. The van der Waals surface area contributed by atoms with E-state index in [2.05, 4.69) is 15.3 Å². The molecule has 0 amide bonds. The lowest BCUT2D eigenvalue weighted by atomic mass is 10.2. The van der Waals surface area contributed by atoms with Gasteiger partial charge in [0.1, 0.15) is 17.2 Å². The SMILES string of the molecule is CCCS(=O)(=O)Cc1ccc(F)c(-n2cc(-c3ccc(N)nc3)nn2)c1F. The normalized spacial score (nSPS) is 11.7. The Balaban J connectivity index is 2.00. The fraction of sp³-hybridized carbons (Fsp3) is 0.235. The van der Waals surface area contributed by atoms with Crippen molar-refractivity contribution in [1.29, 1.82) is 0 Å². The Labute approximate surface area is 154 Å². The number of benzene rings is 1. The van der Waals surface area contributed by atoms with Gasteiger partial charge in [-0.2, -0.15) is 0 Å². The van der Waals surface area contributed by atoms with Crippen LogP contribution in [0.2, 0.25) is 0 Å². The first-order valence-electron chi connectivity index (χ1n) is 8.12. The number of pyridine rings is 1. The lowest BCUT2D eigenvalue weighted by Gasteiger charge is -2.09. The zero-order valence-electron chi connectivity index (χ0n) is 14.4. The second-order valence-corrected chi connectivity index (χ2v) is 8.17. The van der Waals surface area contributed by atoms with E-state index < -0.39 is 32.9 Å². The van der Waals surface area contributed by atoms with E-state index in [9.17, 15) is 17.2 Å². The molecule has 7 nitrogen and oxygen atoms in total. The molecule has 0 fully saturated rings. The summed E-state index contributed by atoms with van der Waals surface area (Å²) in [5, 5.41) is 7.65. The minimum absolute atomic E-state index is 0.0727. The van der Waals surface area contributed by atoms with Crippen molar-refractivity contribution in [2.24, 2.45) is 0 Å². The molecule has 2 heterocycles. The van der Waals surface area contributed by atoms with Crippen molar-refractivity contribution in [3.8, 4) is 16.9 Å². The summed E-state index contributed by atoms with van der Waals surface area (Å²) in [7, 11) is -3.49. The highest BCUT2D eigenvalue weighted by atomic mass is 32.2. The molecule has 0 spiro atoms. The number of nitrogen functional groups attached to an aromatic ring is 1. The summed E-state index contributed by atoms with van der Waals surface area (Å²) in [5.74, 6) is -2.12. The predicted octanol–water partition coefficient (Wildman–Crippen LogP) is 2.51. The first-order chi connectivity index (χ1) is 12.8. The first kappa shape index (κ1) is 18.9. The van der Waals surface area contributed by atoms with Gasteiger partial charge in [0.05, 0.1) is 17.7 Å². The average molecular weight is 393 g/mol. The van der Waals surface area contributed by atoms with Crippen LogP contribution in [0.15, 0.2) is 36.7 Å². The second kappa shape index (κ2) is 7.39. The van der Waals surface area contributed by atoms with Crippen LogP contribution in [0, 0.1) is 11.6 Å². The Bertz CT molecular complexity index is 1070. The number of rotatable bonds is 6. The van der Waals surface area contributed by atoms with Crippen LogP contribution in [-0.2, 0) is 15.6 Å². The zero-order valence-corrected chi connectivity index (χ0v) is 15.2. The van der Waals surface area contributed by atoms with E-state index >= 15 is 0 Å². The largest absolute Gasteiger partial charge is 0.384 e. The standard InChI is InChI=1S/C17H17F2N5O2S/c1-2-7-27(25,26)10-12-3-5-13(18)17(16(12)19)24-9-14(22-23-24)11-4-6-15(20)21-8-11/h3-6,8-9H,2,7,10H2,1H3,(H2,20,21). The van der Waals surface area contributed by atoms with Gasteiger partial charge >= 0.3 is 0 Å². The summed E-state index contributed by atoms with van der Waals surface area (Å²) in [4.78, 5) is 3.93. The number of halogens is 2. The molecule has 1 aromatic carbocycles. The molecular formula is C17H17F2N5O2S. The van der Waals surface area contributed by atoms with Crippen LogP contribution < -0.4 is 5.73 Å². The molecule has 0 radical (unpaired) electrons. The van der Waals surface area contributed by atoms with Crippen LogP contribution in [0.1, 0.15) is 18.9 Å². The van der Waals surface area contributed by atoms with E-state index in [0.717, 1.165) is 16.8 Å². The van der Waals surface area contributed by atoms with Crippen LogP contribution in [0.3, 0.4) is 0 Å². The lowest BCUT2D eigenvalue weighted by Crippen LogP contribution is -2.12. The summed E-state index contributed by atoms with van der Waals surface area (Å²) in [6.07, 6.45) is 3.21. The number of hydrogen-bond acceptors (Lipinski definition) is 6. The highest BCUT2D eigenvalue weighted by Crippen LogP contribution is 2.24. The summed E-state index contributed by atoms with van der Waals surface area (Å²) >= 11 is 0. The topological polar surface area (TPSA) is 104 Å². The molecule has 2 N–H and O–H groups in total. The van der Waals surface area contributed by atoms with Crippen molar-refractivity contribution in [2.45, 2.75) is 19.1 Å². The van der Waals surface area contributed by atoms with Crippen LogP contribution in [0.25, 0.3) is 16.9 Å². The van der Waals surface area contributed by atoms with E-state index in [1.807, 2.05) is 0 Å². The van der Waals surface area contributed by atoms with Crippen molar-refractivity contribution in [3.63, 3.8) is 0 Å². The van der Waals surface area contributed by atoms with Gasteiger partial charge in [-0.15, -0.1) is 5.10 Å². The maximum atomic E-state index is 14.8. The fourth-order valence-electron chi connectivity index (χ4n) is 2.59. The third-order valence-corrected chi connectivity index (χ3v) is 5.62. The van der Waals surface area contributed by atoms with Crippen molar-refractivity contribution >= 4 is 15.7 Å². The summed E-state index contributed by atoms with van der Waals surface area (Å²) < 4.78 is 54.0. The average Bonchev–Trinajstić information content (AvgIpc) is 3.08. The molecule has 0 bridgehead atoms. The molecule has 0 aliphatic rings. The predicted molar refractivity (Wildman–Crippen MR) is 96.7 cm³/mol. The van der Waals surface area contributed by atoms with Crippen LogP contribution in [0.5, 0.6) is 0 Å². The minimum Gasteiger partial charge on any atom is -0.384 e. The molecule has 0 unspecified atom stereocenters. The zero-order chi connectivity index (χ0) is 19.6. The molecule has 0 saturated carbocycles. The highest BCUT2D eigenvalue weighted by Gasteiger charge is 2.21. The molecule has 0 aliphatic heterocycles. The van der Waals surface area contributed by atoms with Crippen LogP contribution >= 0.6 is 0 Å². The smallest absolute Gasteiger partial charge is 0.156 e. The Kier molecular flexibility index (Phi) is 5.17. The number of sulfone groups is 1. The second-order valence-electron chi connectivity index (χ2n) is 5.98. The van der Waals surface area contributed by atoms with Crippen molar-refractivity contribution < 1.29 is 17.2 Å². The Morgan fingerprint density at radius 2 is 1.96 bits per heavy atom. The molecule has 3 rings (SSSR count). The van der Waals surface area contributed by atoms with Gasteiger partial charge in [0.2, 0.25) is 0 Å². The van der Waals surface area contributed by atoms with Gasteiger partial charge < -0.3 is 5.73 Å². The summed E-state index contributed by atoms with van der Waals surface area (Å²) in [6.45, 7) is 1.72. The third-order valence-electron chi connectivity index (χ3n) is 3.84. The molecular weight excluding hydrogens is 376 g/mol. The van der Waals surface area contributed by atoms with Gasteiger partial charge in [0.25, 0.3) is 0 Å². The number of nitrogens with two attached hydrogens (primary N) is 1. The quantitative estimate of drug-likeness (QED) is 0.690. The summed E-state index contributed by atoms with van der Waals surface area (Å²) in [5.41, 5.74) is 5.83. The van der Waals surface area contributed by atoms with Crippen molar-refractivity contribution in [1.82, 2.24) is 20.0 Å². The van der Waals surface area contributed by atoms with E-state index in [0.29, 0.717) is 23.5 Å². The Morgan fingerprint density at radius 1 is 1.19 bits per heavy atom. The molecule has 3 aromatic rings. The van der Waals surface area contributed by atoms with Crippen molar-refractivity contribution in [2.75, 3.05) is 11.5 Å². The van der Waals surface area contributed by atoms with Crippen molar-refractivity contribution in [3.05, 3.63) is 53.9 Å². The number of hydrogen-bond donors (Lipinski definition) is 1. The van der Waals surface area contributed by atoms with Gasteiger partial charge in [0.15, 0.2) is 21.5 Å². The molecule has 27 heavy (non-hydrogen) atoms. The number of nitrogens with zero attached hydrogens (tertiary/aromatic N) is 4. The van der Waals surface area contributed by atoms with E-state index in [4.69, 9.17) is 5.73 Å². The summed E-state index contributed by atoms with van der Waals surface area (Å²) in [6, 6.07) is 5.36. The number of anilines is 1. The van der Waals surface area contributed by atoms with E-state index in [-0.39, 0.29) is 11.3 Å². The molecule has 0 atom stereocenters. The molecule has 0 saturated heterocycles. The maximum Gasteiger partial charge on any atom is 0.156 e. The van der Waals surface area contributed by atoms with Crippen LogP contribution in [0.4, 0.5) is 14.6 Å². The third kappa shape index (κ3) is 4.11. The Hall–Kier alpha value is -2.88. The van der Waals surface area contributed by atoms with Gasteiger partial charge in [-0.1, -0.05) is 18.2 Å². The van der Waals surface area contributed by atoms with E-state index in [1.54, 1.807) is 19.1 Å².